The number of hydrogen-bond acceptors (Lipinski definition) is 3. The Morgan fingerprint density at radius 1 is 1.04 bits per heavy atom. The summed E-state index contributed by atoms with van der Waals surface area (Å²) in [5.74, 6) is -0.0434. The second-order valence-corrected chi connectivity index (χ2v) is 7.84. The SMILES string of the molecule is CCN(Cc1ccccc1)C(=O)Nc1cccc(CS(C)(=O)=O)c1. The normalized spacial score (nSPS) is 11.1. The number of urea groups is 1. The Kier molecular flexibility index (Phi) is 5.98. The Labute approximate surface area is 143 Å². The molecule has 0 saturated heterocycles. The van der Waals surface area contributed by atoms with Gasteiger partial charge >= 0.3 is 6.03 Å². The predicted molar refractivity (Wildman–Crippen MR) is 96.5 cm³/mol. The first-order valence-corrected chi connectivity index (χ1v) is 9.80. The number of nitrogens with one attached hydrogen (secondary N) is 1. The lowest BCUT2D eigenvalue weighted by Crippen LogP contribution is -2.34. The summed E-state index contributed by atoms with van der Waals surface area (Å²) >= 11 is 0. The third-order valence-corrected chi connectivity index (χ3v) is 4.35. The van der Waals surface area contributed by atoms with Gasteiger partial charge in [0.1, 0.15) is 0 Å². The van der Waals surface area contributed by atoms with Gasteiger partial charge in [0.05, 0.1) is 5.75 Å². The monoisotopic (exact) mass is 346 g/mol. The Balaban J connectivity index is 2.06. The molecule has 2 aromatic carbocycles. The van der Waals surface area contributed by atoms with Crippen LogP contribution in [0.4, 0.5) is 10.5 Å². The standard InChI is InChI=1S/C18H22N2O3S/c1-3-20(13-15-8-5-4-6-9-15)18(21)19-17-11-7-10-16(12-17)14-24(2,22)23/h4-12H,3,13-14H2,1-2H3,(H,19,21). The number of benzene rings is 2. The molecule has 0 aliphatic carbocycles. The molecule has 0 aliphatic rings. The van der Waals surface area contributed by atoms with Gasteiger partial charge in [0.15, 0.2) is 9.84 Å². The number of nitrogens with zero attached hydrogens (tertiary/aromatic N) is 1. The summed E-state index contributed by atoms with van der Waals surface area (Å²) < 4.78 is 22.8. The summed E-state index contributed by atoms with van der Waals surface area (Å²) in [6.45, 7) is 3.01. The minimum atomic E-state index is -3.11. The van der Waals surface area contributed by atoms with Crippen LogP contribution in [0.3, 0.4) is 0 Å². The van der Waals surface area contributed by atoms with Crippen LogP contribution >= 0.6 is 0 Å². The van der Waals surface area contributed by atoms with E-state index in [1.165, 1.54) is 6.26 Å². The minimum absolute atomic E-state index is 0.0434. The molecular formula is C18H22N2O3S. The molecule has 128 valence electrons. The zero-order chi connectivity index (χ0) is 17.6. The number of rotatable bonds is 6. The molecule has 0 unspecified atom stereocenters. The molecule has 2 rings (SSSR count). The molecule has 0 fully saturated rings. The van der Waals surface area contributed by atoms with Crippen molar-refractivity contribution in [1.29, 1.82) is 0 Å². The molecule has 0 radical (unpaired) electrons. The lowest BCUT2D eigenvalue weighted by molar-refractivity contribution is 0.212. The predicted octanol–water partition coefficient (Wildman–Crippen LogP) is 3.29. The van der Waals surface area contributed by atoms with Gasteiger partial charge in [-0.25, -0.2) is 13.2 Å². The van der Waals surface area contributed by atoms with Crippen molar-refractivity contribution in [2.24, 2.45) is 0 Å². The van der Waals surface area contributed by atoms with E-state index in [2.05, 4.69) is 5.32 Å². The third kappa shape index (κ3) is 5.70. The Hall–Kier alpha value is -2.34. The fourth-order valence-corrected chi connectivity index (χ4v) is 3.16. The quantitative estimate of drug-likeness (QED) is 0.873. The van der Waals surface area contributed by atoms with E-state index in [9.17, 15) is 13.2 Å². The van der Waals surface area contributed by atoms with Crippen LogP contribution in [-0.2, 0) is 22.1 Å². The van der Waals surface area contributed by atoms with E-state index in [0.717, 1.165) is 5.56 Å². The second-order valence-electron chi connectivity index (χ2n) is 5.70. The van der Waals surface area contributed by atoms with Crippen LogP contribution in [0, 0.1) is 0 Å². The first-order valence-electron chi connectivity index (χ1n) is 7.74. The highest BCUT2D eigenvalue weighted by Crippen LogP contribution is 2.14. The number of hydrogen-bond donors (Lipinski definition) is 1. The molecule has 6 heteroatoms. The number of sulfone groups is 1. The van der Waals surface area contributed by atoms with Gasteiger partial charge in [0, 0.05) is 25.0 Å². The van der Waals surface area contributed by atoms with Gasteiger partial charge in [0.25, 0.3) is 0 Å². The van der Waals surface area contributed by atoms with Crippen LogP contribution in [0.25, 0.3) is 0 Å². The largest absolute Gasteiger partial charge is 0.322 e. The van der Waals surface area contributed by atoms with Gasteiger partial charge in [-0.3, -0.25) is 0 Å². The van der Waals surface area contributed by atoms with Crippen molar-refractivity contribution >= 4 is 21.6 Å². The molecule has 24 heavy (non-hydrogen) atoms. The summed E-state index contributed by atoms with van der Waals surface area (Å²) in [5.41, 5.74) is 2.30. The van der Waals surface area contributed by atoms with Crippen LogP contribution in [0.1, 0.15) is 18.1 Å². The van der Waals surface area contributed by atoms with Gasteiger partial charge in [-0.2, -0.15) is 0 Å². The van der Waals surface area contributed by atoms with Crippen LogP contribution in [0.15, 0.2) is 54.6 Å². The summed E-state index contributed by atoms with van der Waals surface area (Å²) in [5, 5.41) is 2.83. The van der Waals surface area contributed by atoms with E-state index < -0.39 is 9.84 Å². The van der Waals surface area contributed by atoms with Crippen molar-refractivity contribution in [1.82, 2.24) is 4.90 Å². The van der Waals surface area contributed by atoms with E-state index in [1.807, 2.05) is 37.3 Å². The highest BCUT2D eigenvalue weighted by atomic mass is 32.2. The Morgan fingerprint density at radius 3 is 2.33 bits per heavy atom. The molecule has 1 N–H and O–H groups in total. The van der Waals surface area contributed by atoms with Gasteiger partial charge in [-0.15, -0.1) is 0 Å². The number of carbonyl (C=O) groups excluding carboxylic acids is 1. The van der Waals surface area contributed by atoms with Crippen LogP contribution in [-0.4, -0.2) is 32.1 Å². The van der Waals surface area contributed by atoms with Crippen molar-refractivity contribution in [2.75, 3.05) is 18.1 Å². The summed E-state index contributed by atoms with van der Waals surface area (Å²) in [7, 11) is -3.11. The molecule has 0 aliphatic heterocycles. The summed E-state index contributed by atoms with van der Waals surface area (Å²) in [6.07, 6.45) is 1.19. The molecule has 2 aromatic rings. The fraction of sp³-hybridized carbons (Fsp3) is 0.278. The summed E-state index contributed by atoms with van der Waals surface area (Å²) in [6, 6.07) is 16.5. The van der Waals surface area contributed by atoms with E-state index in [-0.39, 0.29) is 11.8 Å². The summed E-state index contributed by atoms with van der Waals surface area (Å²) in [4.78, 5) is 14.1. The lowest BCUT2D eigenvalue weighted by atomic mass is 10.2. The zero-order valence-electron chi connectivity index (χ0n) is 13.9. The van der Waals surface area contributed by atoms with Crippen LogP contribution in [0.5, 0.6) is 0 Å². The van der Waals surface area contributed by atoms with Gasteiger partial charge in [0.2, 0.25) is 0 Å². The molecule has 0 saturated carbocycles. The first-order chi connectivity index (χ1) is 11.4. The second kappa shape index (κ2) is 7.97. The van der Waals surface area contributed by atoms with Crippen molar-refractivity contribution in [3.8, 4) is 0 Å². The third-order valence-electron chi connectivity index (χ3n) is 3.49. The van der Waals surface area contributed by atoms with Crippen molar-refractivity contribution < 1.29 is 13.2 Å². The van der Waals surface area contributed by atoms with E-state index in [0.29, 0.717) is 24.3 Å². The van der Waals surface area contributed by atoms with Crippen molar-refractivity contribution in [3.63, 3.8) is 0 Å². The highest BCUT2D eigenvalue weighted by molar-refractivity contribution is 7.89. The average molecular weight is 346 g/mol. The molecular weight excluding hydrogens is 324 g/mol. The molecule has 0 atom stereocenters. The Morgan fingerprint density at radius 2 is 1.71 bits per heavy atom. The lowest BCUT2D eigenvalue weighted by Gasteiger charge is -2.21. The number of carbonyl (C=O) groups is 1. The molecule has 0 heterocycles. The minimum Gasteiger partial charge on any atom is -0.320 e. The Bertz CT molecular complexity index is 789. The molecule has 0 bridgehead atoms. The van der Waals surface area contributed by atoms with Gasteiger partial charge in [-0.05, 0) is 30.2 Å². The zero-order valence-corrected chi connectivity index (χ0v) is 14.7. The van der Waals surface area contributed by atoms with Gasteiger partial charge in [-0.1, -0.05) is 42.5 Å². The van der Waals surface area contributed by atoms with E-state index in [1.54, 1.807) is 29.2 Å². The average Bonchev–Trinajstić information content (AvgIpc) is 2.52. The van der Waals surface area contributed by atoms with E-state index >= 15 is 0 Å². The maximum atomic E-state index is 12.4. The molecule has 0 aromatic heterocycles. The maximum Gasteiger partial charge on any atom is 0.322 e. The highest BCUT2D eigenvalue weighted by Gasteiger charge is 2.13. The van der Waals surface area contributed by atoms with E-state index in [4.69, 9.17) is 0 Å². The van der Waals surface area contributed by atoms with Crippen LogP contribution < -0.4 is 5.32 Å². The number of amides is 2. The van der Waals surface area contributed by atoms with Crippen LogP contribution in [0.2, 0.25) is 0 Å². The molecule has 5 nitrogen and oxygen atoms in total. The van der Waals surface area contributed by atoms with Crippen molar-refractivity contribution in [2.45, 2.75) is 19.2 Å². The molecule has 2 amide bonds. The smallest absolute Gasteiger partial charge is 0.320 e. The molecule has 0 spiro atoms. The first kappa shape index (κ1) is 18.0. The van der Waals surface area contributed by atoms with Crippen molar-refractivity contribution in [3.05, 3.63) is 65.7 Å². The number of anilines is 1. The fourth-order valence-electron chi connectivity index (χ4n) is 2.38. The van der Waals surface area contributed by atoms with Gasteiger partial charge < -0.3 is 10.2 Å². The maximum absolute atomic E-state index is 12.4. The topological polar surface area (TPSA) is 66.5 Å².